The second-order valence-corrected chi connectivity index (χ2v) is 6.57. The zero-order chi connectivity index (χ0) is 19.2. The Morgan fingerprint density at radius 3 is 2.70 bits per heavy atom. The number of hydrogen-bond donors (Lipinski definition) is 2. The number of rotatable bonds is 8. The molecule has 3 N–H and O–H groups in total. The van der Waals surface area contributed by atoms with E-state index in [-0.39, 0.29) is 12.6 Å². The average Bonchev–Trinajstić information content (AvgIpc) is 3.17. The van der Waals surface area contributed by atoms with Gasteiger partial charge in [-0.15, -0.1) is 0 Å². The van der Waals surface area contributed by atoms with Crippen LogP contribution in [-0.2, 0) is 11.3 Å². The van der Waals surface area contributed by atoms with E-state index in [1.54, 1.807) is 0 Å². The standard InChI is InChI=1S/C21H24N4O2/c1-15(19-12-20(24-23-19)17-8-4-3-5-9-17)25(2)13-16-7-6-10-18(11-16)27-14-21(22)26/h3-12,15H,13-14H2,1-2H3,(H2,22,26)(H,23,24). The Morgan fingerprint density at radius 2 is 1.96 bits per heavy atom. The Kier molecular flexibility index (Phi) is 5.88. The van der Waals surface area contributed by atoms with Crippen LogP contribution in [0.2, 0.25) is 0 Å². The van der Waals surface area contributed by atoms with Crippen molar-refractivity contribution in [1.29, 1.82) is 0 Å². The first-order chi connectivity index (χ1) is 13.0. The minimum Gasteiger partial charge on any atom is -0.484 e. The lowest BCUT2D eigenvalue weighted by molar-refractivity contribution is -0.119. The van der Waals surface area contributed by atoms with Crippen molar-refractivity contribution in [3.8, 4) is 17.0 Å². The Bertz CT molecular complexity index is 892. The molecular formula is C21H24N4O2. The highest BCUT2D eigenvalue weighted by atomic mass is 16.5. The van der Waals surface area contributed by atoms with Gasteiger partial charge >= 0.3 is 0 Å². The van der Waals surface area contributed by atoms with Crippen molar-refractivity contribution in [3.05, 3.63) is 71.9 Å². The van der Waals surface area contributed by atoms with Crippen LogP contribution in [0.1, 0.15) is 24.2 Å². The second kappa shape index (κ2) is 8.51. The van der Waals surface area contributed by atoms with Crippen molar-refractivity contribution in [1.82, 2.24) is 15.1 Å². The summed E-state index contributed by atoms with van der Waals surface area (Å²) in [6.07, 6.45) is 0. The predicted molar refractivity (Wildman–Crippen MR) is 105 cm³/mol. The van der Waals surface area contributed by atoms with Crippen LogP contribution in [0.15, 0.2) is 60.7 Å². The molecule has 6 nitrogen and oxygen atoms in total. The molecule has 0 aliphatic carbocycles. The van der Waals surface area contributed by atoms with E-state index in [0.29, 0.717) is 5.75 Å². The van der Waals surface area contributed by atoms with Gasteiger partial charge in [0.25, 0.3) is 5.91 Å². The van der Waals surface area contributed by atoms with Crippen molar-refractivity contribution < 1.29 is 9.53 Å². The number of carbonyl (C=O) groups is 1. The molecule has 0 bridgehead atoms. The monoisotopic (exact) mass is 364 g/mol. The third-order valence-corrected chi connectivity index (χ3v) is 4.49. The maximum atomic E-state index is 10.9. The highest BCUT2D eigenvalue weighted by Crippen LogP contribution is 2.24. The number of aromatic amines is 1. The Hall–Kier alpha value is -3.12. The van der Waals surface area contributed by atoms with Gasteiger partial charge in [0.2, 0.25) is 0 Å². The van der Waals surface area contributed by atoms with Crippen LogP contribution in [0.5, 0.6) is 5.75 Å². The molecule has 1 aromatic heterocycles. The lowest BCUT2D eigenvalue weighted by Gasteiger charge is -2.23. The summed E-state index contributed by atoms with van der Waals surface area (Å²) in [6.45, 7) is 2.75. The molecule has 1 atom stereocenters. The van der Waals surface area contributed by atoms with Gasteiger partial charge in [-0.3, -0.25) is 14.8 Å². The molecule has 3 rings (SSSR count). The van der Waals surface area contributed by atoms with Crippen molar-refractivity contribution in [2.24, 2.45) is 5.73 Å². The lowest BCUT2D eigenvalue weighted by atomic mass is 10.1. The maximum Gasteiger partial charge on any atom is 0.255 e. The minimum atomic E-state index is -0.486. The minimum absolute atomic E-state index is 0.119. The van der Waals surface area contributed by atoms with Crippen LogP contribution in [0.4, 0.5) is 0 Å². The second-order valence-electron chi connectivity index (χ2n) is 6.57. The number of nitrogens with one attached hydrogen (secondary N) is 1. The smallest absolute Gasteiger partial charge is 0.255 e. The third kappa shape index (κ3) is 4.95. The average molecular weight is 364 g/mol. The summed E-state index contributed by atoms with van der Waals surface area (Å²) >= 11 is 0. The summed E-state index contributed by atoms with van der Waals surface area (Å²) in [5.74, 6) is 0.153. The fourth-order valence-corrected chi connectivity index (χ4v) is 2.86. The van der Waals surface area contributed by atoms with Gasteiger partial charge in [0.1, 0.15) is 5.75 Å². The van der Waals surface area contributed by atoms with E-state index in [2.05, 4.69) is 35.1 Å². The highest BCUT2D eigenvalue weighted by Gasteiger charge is 2.15. The van der Waals surface area contributed by atoms with Gasteiger partial charge in [-0.05, 0) is 37.7 Å². The van der Waals surface area contributed by atoms with E-state index < -0.39 is 5.91 Å². The molecule has 27 heavy (non-hydrogen) atoms. The molecule has 1 amide bonds. The highest BCUT2D eigenvalue weighted by molar-refractivity contribution is 5.75. The number of ether oxygens (including phenoxy) is 1. The van der Waals surface area contributed by atoms with E-state index in [1.807, 2.05) is 54.6 Å². The quantitative estimate of drug-likeness (QED) is 0.643. The number of amides is 1. The SMILES string of the molecule is CC(c1cc(-c2ccccc2)n[nH]1)N(C)Cc1cccc(OCC(N)=O)c1. The number of primary amides is 1. The topological polar surface area (TPSA) is 84.2 Å². The molecule has 3 aromatic rings. The summed E-state index contributed by atoms with van der Waals surface area (Å²) in [5.41, 5.74) is 9.30. The molecule has 1 heterocycles. The number of nitrogens with zero attached hydrogens (tertiary/aromatic N) is 2. The molecule has 0 radical (unpaired) electrons. The van der Waals surface area contributed by atoms with Crippen molar-refractivity contribution in [2.45, 2.75) is 19.5 Å². The van der Waals surface area contributed by atoms with Crippen molar-refractivity contribution in [3.63, 3.8) is 0 Å². The first-order valence-corrected chi connectivity index (χ1v) is 8.84. The van der Waals surface area contributed by atoms with E-state index in [4.69, 9.17) is 10.5 Å². The van der Waals surface area contributed by atoms with Gasteiger partial charge in [0.05, 0.1) is 11.4 Å². The number of nitrogens with two attached hydrogens (primary N) is 1. The number of aromatic nitrogens is 2. The molecular weight excluding hydrogens is 340 g/mol. The number of H-pyrrole nitrogens is 1. The fraction of sp³-hybridized carbons (Fsp3) is 0.238. The molecule has 0 spiro atoms. The van der Waals surface area contributed by atoms with Gasteiger partial charge in [0, 0.05) is 18.2 Å². The molecule has 0 aliphatic heterocycles. The normalized spacial score (nSPS) is 12.1. The van der Waals surface area contributed by atoms with Crippen LogP contribution < -0.4 is 10.5 Å². The zero-order valence-electron chi connectivity index (χ0n) is 15.6. The van der Waals surface area contributed by atoms with Crippen LogP contribution in [0.3, 0.4) is 0 Å². The van der Waals surface area contributed by atoms with E-state index in [9.17, 15) is 4.79 Å². The lowest BCUT2D eigenvalue weighted by Crippen LogP contribution is -2.22. The fourth-order valence-electron chi connectivity index (χ4n) is 2.86. The van der Waals surface area contributed by atoms with E-state index in [1.165, 1.54) is 0 Å². The molecule has 1 unspecified atom stereocenters. The van der Waals surface area contributed by atoms with Gasteiger partial charge in [-0.1, -0.05) is 42.5 Å². The molecule has 6 heteroatoms. The summed E-state index contributed by atoms with van der Waals surface area (Å²) < 4.78 is 5.38. The van der Waals surface area contributed by atoms with Crippen LogP contribution >= 0.6 is 0 Å². The summed E-state index contributed by atoms with van der Waals surface area (Å²) in [7, 11) is 2.06. The predicted octanol–water partition coefficient (Wildman–Crippen LogP) is 3.13. The molecule has 0 saturated carbocycles. The molecule has 140 valence electrons. The van der Waals surface area contributed by atoms with Crippen molar-refractivity contribution in [2.75, 3.05) is 13.7 Å². The third-order valence-electron chi connectivity index (χ3n) is 4.49. The molecule has 0 saturated heterocycles. The molecule has 0 fully saturated rings. The maximum absolute atomic E-state index is 10.9. The van der Waals surface area contributed by atoms with Gasteiger partial charge in [-0.25, -0.2) is 0 Å². The van der Waals surface area contributed by atoms with Gasteiger partial charge in [0.15, 0.2) is 6.61 Å². The first-order valence-electron chi connectivity index (χ1n) is 8.84. The molecule has 0 aliphatic rings. The Balaban J connectivity index is 1.66. The largest absolute Gasteiger partial charge is 0.484 e. The van der Waals surface area contributed by atoms with Gasteiger partial charge in [-0.2, -0.15) is 5.10 Å². The van der Waals surface area contributed by atoms with E-state index in [0.717, 1.165) is 29.1 Å². The Morgan fingerprint density at radius 1 is 1.19 bits per heavy atom. The number of benzene rings is 2. The first kappa shape index (κ1) is 18.7. The van der Waals surface area contributed by atoms with Crippen molar-refractivity contribution >= 4 is 5.91 Å². The number of hydrogen-bond acceptors (Lipinski definition) is 4. The summed E-state index contributed by atoms with van der Waals surface area (Å²) in [4.78, 5) is 13.1. The van der Waals surface area contributed by atoms with E-state index >= 15 is 0 Å². The Labute approximate surface area is 159 Å². The van der Waals surface area contributed by atoms with Crippen LogP contribution in [-0.4, -0.2) is 34.7 Å². The molecule has 2 aromatic carbocycles. The van der Waals surface area contributed by atoms with Crippen LogP contribution in [0.25, 0.3) is 11.3 Å². The zero-order valence-corrected chi connectivity index (χ0v) is 15.6. The number of carbonyl (C=O) groups excluding carboxylic acids is 1. The summed E-state index contributed by atoms with van der Waals surface area (Å²) in [5, 5.41) is 7.58. The van der Waals surface area contributed by atoms with Gasteiger partial charge < -0.3 is 10.5 Å². The summed E-state index contributed by atoms with van der Waals surface area (Å²) in [6, 6.07) is 20.0. The van der Waals surface area contributed by atoms with Crippen LogP contribution in [0, 0.1) is 0 Å².